The molecule has 0 saturated carbocycles. The van der Waals surface area contributed by atoms with E-state index in [1.165, 1.54) is 0 Å². The van der Waals surface area contributed by atoms with Gasteiger partial charge in [0.15, 0.2) is 5.78 Å². The highest BCUT2D eigenvalue weighted by atomic mass is 16.5. The first kappa shape index (κ1) is 11.3. The maximum absolute atomic E-state index is 11.4. The molecule has 0 N–H and O–H groups in total. The van der Waals surface area contributed by atoms with Gasteiger partial charge in [-0.15, -0.1) is 0 Å². The first-order valence-electron chi connectivity index (χ1n) is 5.51. The lowest BCUT2D eigenvalue weighted by Crippen LogP contribution is -1.97. The summed E-state index contributed by atoms with van der Waals surface area (Å²) in [5.74, 6) is 1.31. The van der Waals surface area contributed by atoms with Gasteiger partial charge in [0, 0.05) is 24.2 Å². The Kier molecular flexibility index (Phi) is 3.50. The summed E-state index contributed by atoms with van der Waals surface area (Å²) in [4.78, 5) is 15.5. The van der Waals surface area contributed by atoms with E-state index in [0.717, 1.165) is 5.75 Å². The summed E-state index contributed by atoms with van der Waals surface area (Å²) in [5.41, 5.74) is 0.618. The van der Waals surface area contributed by atoms with Crippen molar-refractivity contribution in [3.8, 4) is 11.6 Å². The van der Waals surface area contributed by atoms with Gasteiger partial charge in [0.2, 0.25) is 5.88 Å². The molecule has 0 fully saturated rings. The van der Waals surface area contributed by atoms with Crippen LogP contribution in [0.1, 0.15) is 23.7 Å². The minimum Gasteiger partial charge on any atom is -0.439 e. The van der Waals surface area contributed by atoms with Gasteiger partial charge < -0.3 is 4.74 Å². The minimum absolute atomic E-state index is 0.0868. The number of Topliss-reactive ketones (excluding diaryl/α,β-unsaturated/α-hetero) is 1. The Bertz CT molecular complexity index is 491. The second-order valence-electron chi connectivity index (χ2n) is 3.58. The van der Waals surface area contributed by atoms with Crippen molar-refractivity contribution in [1.82, 2.24) is 4.98 Å². The van der Waals surface area contributed by atoms with Crippen LogP contribution < -0.4 is 4.74 Å². The van der Waals surface area contributed by atoms with Gasteiger partial charge >= 0.3 is 0 Å². The van der Waals surface area contributed by atoms with Crippen molar-refractivity contribution >= 4 is 5.78 Å². The van der Waals surface area contributed by atoms with Crippen LogP contribution in [0.2, 0.25) is 0 Å². The Balaban J connectivity index is 2.11. The SMILES string of the molecule is CCC(=O)c1ccc(Oc2ccccc2)nc1. The molecule has 0 unspecified atom stereocenters. The van der Waals surface area contributed by atoms with Gasteiger partial charge in [-0.05, 0) is 18.2 Å². The molecule has 17 heavy (non-hydrogen) atoms. The van der Waals surface area contributed by atoms with Gasteiger partial charge in [0.25, 0.3) is 0 Å². The Morgan fingerprint density at radius 2 is 1.94 bits per heavy atom. The van der Waals surface area contributed by atoms with Crippen LogP contribution in [0.5, 0.6) is 11.6 Å². The Morgan fingerprint density at radius 1 is 1.18 bits per heavy atom. The fourth-order valence-corrected chi connectivity index (χ4v) is 1.42. The second kappa shape index (κ2) is 5.25. The summed E-state index contributed by atoms with van der Waals surface area (Å²) in [5, 5.41) is 0. The Labute approximate surface area is 100 Å². The maximum Gasteiger partial charge on any atom is 0.219 e. The average molecular weight is 227 g/mol. The van der Waals surface area contributed by atoms with Crippen LogP contribution in [0.25, 0.3) is 0 Å². The lowest BCUT2D eigenvalue weighted by molar-refractivity contribution is 0.0988. The zero-order valence-electron chi connectivity index (χ0n) is 9.59. The molecule has 3 heteroatoms. The molecule has 0 amide bonds. The number of rotatable bonds is 4. The number of carbonyl (C=O) groups excluding carboxylic acids is 1. The number of para-hydroxylation sites is 1. The lowest BCUT2D eigenvalue weighted by Gasteiger charge is -2.04. The van der Waals surface area contributed by atoms with Gasteiger partial charge in [-0.25, -0.2) is 4.98 Å². The first-order valence-corrected chi connectivity index (χ1v) is 5.51. The number of ether oxygens (including phenoxy) is 1. The highest BCUT2D eigenvalue weighted by Gasteiger charge is 2.04. The molecule has 1 heterocycles. The molecule has 2 aromatic rings. The average Bonchev–Trinajstić information content (AvgIpc) is 2.40. The van der Waals surface area contributed by atoms with Crippen molar-refractivity contribution in [2.45, 2.75) is 13.3 Å². The third-order valence-electron chi connectivity index (χ3n) is 2.35. The van der Waals surface area contributed by atoms with Gasteiger partial charge in [-0.1, -0.05) is 25.1 Å². The van der Waals surface area contributed by atoms with E-state index in [0.29, 0.717) is 17.9 Å². The molecule has 2 rings (SSSR count). The van der Waals surface area contributed by atoms with E-state index in [9.17, 15) is 4.79 Å². The number of pyridine rings is 1. The van der Waals surface area contributed by atoms with E-state index in [2.05, 4.69) is 4.98 Å². The van der Waals surface area contributed by atoms with Crippen molar-refractivity contribution in [3.05, 3.63) is 54.2 Å². The van der Waals surface area contributed by atoms with Crippen LogP contribution in [0, 0.1) is 0 Å². The van der Waals surface area contributed by atoms with E-state index in [4.69, 9.17) is 4.74 Å². The normalized spacial score (nSPS) is 9.94. The van der Waals surface area contributed by atoms with Crippen LogP contribution in [0.4, 0.5) is 0 Å². The van der Waals surface area contributed by atoms with Crippen molar-refractivity contribution in [1.29, 1.82) is 0 Å². The third kappa shape index (κ3) is 2.91. The number of hydrogen-bond acceptors (Lipinski definition) is 3. The van der Waals surface area contributed by atoms with Crippen molar-refractivity contribution in [3.63, 3.8) is 0 Å². The van der Waals surface area contributed by atoms with E-state index >= 15 is 0 Å². The van der Waals surface area contributed by atoms with E-state index in [1.807, 2.05) is 37.3 Å². The fourth-order valence-electron chi connectivity index (χ4n) is 1.42. The standard InChI is InChI=1S/C14H13NO2/c1-2-13(16)11-8-9-14(15-10-11)17-12-6-4-3-5-7-12/h3-10H,2H2,1H3. The molecule has 1 aromatic carbocycles. The number of nitrogens with zero attached hydrogens (tertiary/aromatic N) is 1. The number of hydrogen-bond donors (Lipinski definition) is 0. The molecule has 0 radical (unpaired) electrons. The topological polar surface area (TPSA) is 39.2 Å². The molecule has 0 spiro atoms. The zero-order chi connectivity index (χ0) is 12.1. The Morgan fingerprint density at radius 3 is 2.53 bits per heavy atom. The summed E-state index contributed by atoms with van der Waals surface area (Å²) in [6.07, 6.45) is 2.03. The Hall–Kier alpha value is -2.16. The van der Waals surface area contributed by atoms with Crippen molar-refractivity contribution in [2.75, 3.05) is 0 Å². The van der Waals surface area contributed by atoms with Gasteiger partial charge in [-0.3, -0.25) is 4.79 Å². The van der Waals surface area contributed by atoms with E-state index in [1.54, 1.807) is 18.3 Å². The molecular formula is C14H13NO2. The molecule has 86 valence electrons. The van der Waals surface area contributed by atoms with Gasteiger partial charge in [0.1, 0.15) is 5.75 Å². The summed E-state index contributed by atoms with van der Waals surface area (Å²) < 4.78 is 5.52. The molecule has 0 saturated heterocycles. The molecule has 0 aliphatic carbocycles. The van der Waals surface area contributed by atoms with Gasteiger partial charge in [-0.2, -0.15) is 0 Å². The van der Waals surface area contributed by atoms with Crippen LogP contribution in [-0.4, -0.2) is 10.8 Å². The van der Waals surface area contributed by atoms with Crippen LogP contribution in [0.15, 0.2) is 48.7 Å². The highest BCUT2D eigenvalue weighted by molar-refractivity contribution is 5.95. The minimum atomic E-state index is 0.0868. The number of carbonyl (C=O) groups is 1. The smallest absolute Gasteiger partial charge is 0.219 e. The number of aromatic nitrogens is 1. The molecular weight excluding hydrogens is 214 g/mol. The predicted octanol–water partition coefficient (Wildman–Crippen LogP) is 3.47. The fraction of sp³-hybridized carbons (Fsp3) is 0.143. The largest absolute Gasteiger partial charge is 0.439 e. The number of benzene rings is 1. The van der Waals surface area contributed by atoms with E-state index in [-0.39, 0.29) is 5.78 Å². The summed E-state index contributed by atoms with van der Waals surface area (Å²) >= 11 is 0. The van der Waals surface area contributed by atoms with Crippen LogP contribution in [0.3, 0.4) is 0 Å². The molecule has 3 nitrogen and oxygen atoms in total. The first-order chi connectivity index (χ1) is 8.29. The van der Waals surface area contributed by atoms with Crippen molar-refractivity contribution < 1.29 is 9.53 Å². The van der Waals surface area contributed by atoms with Crippen LogP contribution in [-0.2, 0) is 0 Å². The highest BCUT2D eigenvalue weighted by Crippen LogP contribution is 2.18. The second-order valence-corrected chi connectivity index (χ2v) is 3.58. The van der Waals surface area contributed by atoms with E-state index < -0.39 is 0 Å². The third-order valence-corrected chi connectivity index (χ3v) is 2.35. The van der Waals surface area contributed by atoms with Crippen LogP contribution >= 0.6 is 0 Å². The molecule has 0 aliphatic rings. The summed E-state index contributed by atoms with van der Waals surface area (Å²) in [7, 11) is 0. The maximum atomic E-state index is 11.4. The monoisotopic (exact) mass is 227 g/mol. The lowest BCUT2D eigenvalue weighted by atomic mass is 10.1. The predicted molar refractivity (Wildman–Crippen MR) is 65.4 cm³/mol. The molecule has 0 aliphatic heterocycles. The summed E-state index contributed by atoms with van der Waals surface area (Å²) in [6, 6.07) is 12.9. The molecule has 0 atom stereocenters. The zero-order valence-corrected chi connectivity index (χ0v) is 9.59. The van der Waals surface area contributed by atoms with Gasteiger partial charge in [0.05, 0.1) is 0 Å². The number of ketones is 1. The van der Waals surface area contributed by atoms with Crippen molar-refractivity contribution in [2.24, 2.45) is 0 Å². The molecule has 0 bridgehead atoms. The summed E-state index contributed by atoms with van der Waals surface area (Å²) in [6.45, 7) is 1.83. The molecule has 1 aromatic heterocycles. The quantitative estimate of drug-likeness (QED) is 0.751.